The first-order valence-electron chi connectivity index (χ1n) is 4.04. The van der Waals surface area contributed by atoms with Crippen LogP contribution < -0.4 is 0 Å². The Hall–Kier alpha value is -0.350. The molecule has 1 atom stereocenters. The van der Waals surface area contributed by atoms with E-state index in [1.165, 1.54) is 0 Å². The van der Waals surface area contributed by atoms with Gasteiger partial charge in [0, 0.05) is 5.92 Å². The summed E-state index contributed by atoms with van der Waals surface area (Å²) in [6, 6.07) is 0. The van der Waals surface area contributed by atoms with Crippen LogP contribution in [0, 0.1) is 0 Å². The molecule has 2 N–H and O–H groups in total. The predicted octanol–water partition coefficient (Wildman–Crippen LogP) is 2.18. The molecule has 0 aliphatic rings. The summed E-state index contributed by atoms with van der Waals surface area (Å²) in [5.74, 6) is 1.36. The Morgan fingerprint density at radius 1 is 1.67 bits per heavy atom. The first-order valence-corrected chi connectivity index (χ1v) is 4.83. The number of aliphatic hydroxyl groups excluding tert-OH is 1. The van der Waals surface area contributed by atoms with Crippen molar-refractivity contribution in [2.24, 2.45) is 0 Å². The largest absolute Gasteiger partial charge is 0.390 e. The monoisotopic (exact) mass is 232 g/mol. The molecule has 4 heteroatoms. The molecule has 1 heterocycles. The molecule has 0 aliphatic carbocycles. The highest BCUT2D eigenvalue weighted by atomic mass is 79.9. The molecule has 0 aliphatic heterocycles. The Labute approximate surface area is 80.3 Å². The molecule has 1 rings (SSSR count). The number of aromatic nitrogens is 2. The Morgan fingerprint density at radius 3 is 2.75 bits per heavy atom. The van der Waals surface area contributed by atoms with Gasteiger partial charge in [-0.15, -0.1) is 0 Å². The highest BCUT2D eigenvalue weighted by molar-refractivity contribution is 9.10. The average molecular weight is 233 g/mol. The molecular weight excluding hydrogens is 220 g/mol. The van der Waals surface area contributed by atoms with Crippen molar-refractivity contribution in [3.05, 3.63) is 16.1 Å². The molecular formula is C8H13BrN2O. The SMILES string of the molecule is CCC(C)c1nc(Br)c(CO)[nH]1. The molecule has 0 radical (unpaired) electrons. The van der Waals surface area contributed by atoms with Crippen molar-refractivity contribution in [2.45, 2.75) is 32.8 Å². The lowest BCUT2D eigenvalue weighted by Gasteiger charge is -2.02. The first-order chi connectivity index (χ1) is 5.69. The minimum Gasteiger partial charge on any atom is -0.390 e. The maximum atomic E-state index is 8.88. The van der Waals surface area contributed by atoms with E-state index in [0.29, 0.717) is 5.92 Å². The number of H-pyrrole nitrogens is 1. The Kier molecular flexibility index (Phi) is 3.29. The van der Waals surface area contributed by atoms with Crippen molar-refractivity contribution in [3.63, 3.8) is 0 Å². The summed E-state index contributed by atoms with van der Waals surface area (Å²) in [5.41, 5.74) is 0.755. The Bertz CT molecular complexity index is 260. The molecule has 12 heavy (non-hydrogen) atoms. The lowest BCUT2D eigenvalue weighted by Crippen LogP contribution is -1.94. The molecule has 0 amide bonds. The number of halogens is 1. The fourth-order valence-electron chi connectivity index (χ4n) is 0.939. The summed E-state index contributed by atoms with van der Waals surface area (Å²) in [7, 11) is 0. The van der Waals surface area contributed by atoms with E-state index in [-0.39, 0.29) is 6.61 Å². The molecule has 1 aromatic rings. The summed E-state index contributed by atoms with van der Waals surface area (Å²) >= 11 is 3.27. The van der Waals surface area contributed by atoms with Crippen molar-refractivity contribution in [2.75, 3.05) is 0 Å². The predicted molar refractivity (Wildman–Crippen MR) is 50.9 cm³/mol. The zero-order valence-electron chi connectivity index (χ0n) is 7.26. The second-order valence-corrected chi connectivity index (χ2v) is 3.61. The first kappa shape index (κ1) is 9.74. The number of hydrogen-bond acceptors (Lipinski definition) is 2. The number of hydrogen-bond donors (Lipinski definition) is 2. The molecule has 0 saturated carbocycles. The second kappa shape index (κ2) is 4.05. The van der Waals surface area contributed by atoms with Gasteiger partial charge < -0.3 is 10.1 Å². The summed E-state index contributed by atoms with van der Waals surface area (Å²) in [6.07, 6.45) is 1.05. The van der Waals surface area contributed by atoms with Gasteiger partial charge in [0.25, 0.3) is 0 Å². The zero-order chi connectivity index (χ0) is 9.14. The fourth-order valence-corrected chi connectivity index (χ4v) is 1.35. The van der Waals surface area contributed by atoms with Gasteiger partial charge in [-0.1, -0.05) is 13.8 Å². The lowest BCUT2D eigenvalue weighted by atomic mass is 10.1. The third kappa shape index (κ3) is 1.87. The summed E-state index contributed by atoms with van der Waals surface area (Å²) in [6.45, 7) is 4.22. The van der Waals surface area contributed by atoms with Crippen LogP contribution in [0.5, 0.6) is 0 Å². The van der Waals surface area contributed by atoms with E-state index in [2.05, 4.69) is 39.7 Å². The van der Waals surface area contributed by atoms with Crippen LogP contribution in [-0.2, 0) is 6.61 Å². The summed E-state index contributed by atoms with van der Waals surface area (Å²) < 4.78 is 0.723. The number of imidazole rings is 1. The molecule has 0 spiro atoms. The van der Waals surface area contributed by atoms with E-state index in [0.717, 1.165) is 22.5 Å². The van der Waals surface area contributed by atoms with Crippen LogP contribution >= 0.6 is 15.9 Å². The standard InChI is InChI=1S/C8H13BrN2O/c1-3-5(2)8-10-6(4-12)7(9)11-8/h5,12H,3-4H2,1-2H3,(H,10,11). The van der Waals surface area contributed by atoms with Crippen molar-refractivity contribution < 1.29 is 5.11 Å². The zero-order valence-corrected chi connectivity index (χ0v) is 8.85. The molecule has 0 aromatic carbocycles. The van der Waals surface area contributed by atoms with Crippen molar-refractivity contribution >= 4 is 15.9 Å². The number of aliphatic hydroxyl groups is 1. The van der Waals surface area contributed by atoms with Crippen LogP contribution in [0.1, 0.15) is 37.7 Å². The van der Waals surface area contributed by atoms with Gasteiger partial charge in [0.05, 0.1) is 12.3 Å². The second-order valence-electron chi connectivity index (χ2n) is 2.86. The average Bonchev–Trinajstić information content (AvgIpc) is 2.45. The van der Waals surface area contributed by atoms with Crippen LogP contribution in [0.4, 0.5) is 0 Å². The molecule has 68 valence electrons. The number of rotatable bonds is 3. The van der Waals surface area contributed by atoms with E-state index in [1.54, 1.807) is 0 Å². The van der Waals surface area contributed by atoms with E-state index in [4.69, 9.17) is 5.11 Å². The third-order valence-corrected chi connectivity index (χ3v) is 2.64. The van der Waals surface area contributed by atoms with Crippen molar-refractivity contribution in [1.29, 1.82) is 0 Å². The van der Waals surface area contributed by atoms with E-state index >= 15 is 0 Å². The van der Waals surface area contributed by atoms with Gasteiger partial charge in [0.1, 0.15) is 10.4 Å². The van der Waals surface area contributed by atoms with Gasteiger partial charge in [-0.2, -0.15) is 0 Å². The van der Waals surface area contributed by atoms with Crippen LogP contribution in [0.15, 0.2) is 4.60 Å². The highest BCUT2D eigenvalue weighted by Gasteiger charge is 2.10. The third-order valence-electron chi connectivity index (χ3n) is 1.98. The molecule has 0 fully saturated rings. The smallest absolute Gasteiger partial charge is 0.129 e. The van der Waals surface area contributed by atoms with Gasteiger partial charge in [0.2, 0.25) is 0 Å². The Morgan fingerprint density at radius 2 is 2.33 bits per heavy atom. The molecule has 0 bridgehead atoms. The van der Waals surface area contributed by atoms with Crippen LogP contribution in [-0.4, -0.2) is 15.1 Å². The van der Waals surface area contributed by atoms with Gasteiger partial charge >= 0.3 is 0 Å². The van der Waals surface area contributed by atoms with Crippen LogP contribution in [0.25, 0.3) is 0 Å². The highest BCUT2D eigenvalue weighted by Crippen LogP contribution is 2.20. The van der Waals surface area contributed by atoms with Crippen LogP contribution in [0.3, 0.4) is 0 Å². The van der Waals surface area contributed by atoms with E-state index in [1.807, 2.05) is 0 Å². The maximum Gasteiger partial charge on any atom is 0.129 e. The Balaban J connectivity index is 2.88. The normalized spacial score (nSPS) is 13.3. The number of nitrogens with one attached hydrogen (secondary N) is 1. The van der Waals surface area contributed by atoms with Crippen molar-refractivity contribution in [3.8, 4) is 0 Å². The maximum absolute atomic E-state index is 8.88. The van der Waals surface area contributed by atoms with Gasteiger partial charge in [-0.3, -0.25) is 0 Å². The van der Waals surface area contributed by atoms with Gasteiger partial charge in [-0.25, -0.2) is 4.98 Å². The lowest BCUT2D eigenvalue weighted by molar-refractivity contribution is 0.276. The quantitative estimate of drug-likeness (QED) is 0.840. The molecule has 1 aromatic heterocycles. The molecule has 1 unspecified atom stereocenters. The van der Waals surface area contributed by atoms with Crippen molar-refractivity contribution in [1.82, 2.24) is 9.97 Å². The van der Waals surface area contributed by atoms with E-state index < -0.39 is 0 Å². The summed E-state index contributed by atoms with van der Waals surface area (Å²) in [4.78, 5) is 7.33. The number of nitrogens with zero attached hydrogens (tertiary/aromatic N) is 1. The van der Waals surface area contributed by atoms with E-state index in [9.17, 15) is 0 Å². The molecule has 3 nitrogen and oxygen atoms in total. The van der Waals surface area contributed by atoms with Gasteiger partial charge in [0.15, 0.2) is 0 Å². The van der Waals surface area contributed by atoms with Crippen LogP contribution in [0.2, 0.25) is 0 Å². The fraction of sp³-hybridized carbons (Fsp3) is 0.625. The number of aromatic amines is 1. The summed E-state index contributed by atoms with van der Waals surface area (Å²) in [5, 5.41) is 8.88. The topological polar surface area (TPSA) is 48.9 Å². The minimum absolute atomic E-state index is 0.00399. The minimum atomic E-state index is 0.00399. The van der Waals surface area contributed by atoms with Gasteiger partial charge in [-0.05, 0) is 22.4 Å². The molecule has 0 saturated heterocycles.